The summed E-state index contributed by atoms with van der Waals surface area (Å²) in [5.41, 5.74) is 3.88. The number of ether oxygens (including phenoxy) is 1. The Bertz CT molecular complexity index is 1220. The number of fused-ring (bicyclic) bond motifs is 1. The third-order valence-electron chi connectivity index (χ3n) is 4.40. The molecule has 0 unspecified atom stereocenters. The molecule has 7 heteroatoms. The lowest BCUT2D eigenvalue weighted by molar-refractivity contribution is 0.415. The fraction of sp³-hybridized carbons (Fsp3) is 0.143. The predicted octanol–water partition coefficient (Wildman–Crippen LogP) is 3.75. The largest absolute Gasteiger partial charge is 0.497 e. The molecule has 0 spiro atoms. The van der Waals surface area contributed by atoms with Crippen molar-refractivity contribution in [2.24, 2.45) is 0 Å². The fourth-order valence-electron chi connectivity index (χ4n) is 2.99. The molecule has 0 radical (unpaired) electrons. The number of nitrogens with one attached hydrogen (secondary N) is 2. The Morgan fingerprint density at radius 1 is 0.964 bits per heavy atom. The summed E-state index contributed by atoms with van der Waals surface area (Å²) < 4.78 is 5.17. The van der Waals surface area contributed by atoms with Gasteiger partial charge in [0.1, 0.15) is 5.75 Å². The van der Waals surface area contributed by atoms with Crippen LogP contribution in [0.15, 0.2) is 53.3 Å². The van der Waals surface area contributed by atoms with Crippen LogP contribution >= 0.6 is 0 Å². The number of methoxy groups -OCH3 is 1. The van der Waals surface area contributed by atoms with Gasteiger partial charge in [0, 0.05) is 17.0 Å². The highest BCUT2D eigenvalue weighted by molar-refractivity contribution is 5.82. The number of H-pyrrole nitrogens is 1. The van der Waals surface area contributed by atoms with Gasteiger partial charge in [0.25, 0.3) is 5.56 Å². The molecule has 0 aliphatic carbocycles. The molecule has 4 rings (SSSR count). The zero-order chi connectivity index (χ0) is 19.7. The summed E-state index contributed by atoms with van der Waals surface area (Å²) in [6, 6.07) is 14.8. The maximum Gasteiger partial charge on any atom is 0.252 e. The first-order chi connectivity index (χ1) is 13.5. The van der Waals surface area contributed by atoms with Crippen LogP contribution in [0.25, 0.3) is 22.2 Å². The zero-order valence-electron chi connectivity index (χ0n) is 15.8. The molecule has 4 aromatic rings. The van der Waals surface area contributed by atoms with Gasteiger partial charge in [-0.3, -0.25) is 15.1 Å². The monoisotopic (exact) mass is 373 g/mol. The number of hydrogen-bond donors (Lipinski definition) is 2. The minimum absolute atomic E-state index is 0.267. The van der Waals surface area contributed by atoms with Crippen molar-refractivity contribution >= 4 is 22.8 Å². The highest BCUT2D eigenvalue weighted by Crippen LogP contribution is 2.22. The maximum atomic E-state index is 12.1. The molecule has 2 aromatic carbocycles. The maximum absolute atomic E-state index is 12.1. The van der Waals surface area contributed by atoms with Crippen molar-refractivity contribution in [3.8, 4) is 17.0 Å². The third-order valence-corrected chi connectivity index (χ3v) is 4.40. The zero-order valence-corrected chi connectivity index (χ0v) is 15.8. The Morgan fingerprint density at radius 2 is 1.75 bits per heavy atom. The van der Waals surface area contributed by atoms with Crippen LogP contribution in [0.1, 0.15) is 11.3 Å². The van der Waals surface area contributed by atoms with Crippen molar-refractivity contribution in [1.82, 2.24) is 19.9 Å². The lowest BCUT2D eigenvalue weighted by Crippen LogP contribution is -2.12. The van der Waals surface area contributed by atoms with Gasteiger partial charge in [0.15, 0.2) is 0 Å². The number of nitrogens with zero attached hydrogens (tertiary/aromatic N) is 3. The van der Waals surface area contributed by atoms with Gasteiger partial charge in [-0.05, 0) is 49.7 Å². The van der Waals surface area contributed by atoms with Gasteiger partial charge in [-0.15, -0.1) is 0 Å². The van der Waals surface area contributed by atoms with Crippen LogP contribution in [-0.2, 0) is 0 Å². The van der Waals surface area contributed by atoms with E-state index < -0.39 is 0 Å². The molecule has 7 nitrogen and oxygen atoms in total. The molecular formula is C21H19N5O2. The van der Waals surface area contributed by atoms with Gasteiger partial charge in [0.2, 0.25) is 11.9 Å². The number of aryl methyl sites for hydroxylation is 2. The van der Waals surface area contributed by atoms with E-state index in [-0.39, 0.29) is 11.5 Å². The van der Waals surface area contributed by atoms with Crippen LogP contribution in [0.3, 0.4) is 0 Å². The first-order valence-corrected chi connectivity index (χ1v) is 8.79. The van der Waals surface area contributed by atoms with Gasteiger partial charge in [-0.2, -0.15) is 0 Å². The van der Waals surface area contributed by atoms with Crippen molar-refractivity contribution in [3.05, 3.63) is 70.1 Å². The summed E-state index contributed by atoms with van der Waals surface area (Å²) in [6.45, 7) is 3.94. The second-order valence-corrected chi connectivity index (χ2v) is 6.49. The first kappa shape index (κ1) is 17.7. The van der Waals surface area contributed by atoms with Gasteiger partial charge < -0.3 is 4.74 Å². The molecule has 0 amide bonds. The molecule has 0 aliphatic heterocycles. The molecular weight excluding hydrogens is 354 g/mol. The van der Waals surface area contributed by atoms with Crippen molar-refractivity contribution in [1.29, 1.82) is 0 Å². The van der Waals surface area contributed by atoms with E-state index in [1.54, 1.807) is 7.11 Å². The molecule has 0 bridgehead atoms. The third kappa shape index (κ3) is 3.55. The molecule has 28 heavy (non-hydrogen) atoms. The van der Waals surface area contributed by atoms with Crippen molar-refractivity contribution in [3.63, 3.8) is 0 Å². The molecule has 2 heterocycles. The van der Waals surface area contributed by atoms with Crippen molar-refractivity contribution in [2.45, 2.75) is 13.8 Å². The van der Waals surface area contributed by atoms with E-state index >= 15 is 0 Å². The second kappa shape index (κ2) is 7.11. The highest BCUT2D eigenvalue weighted by Gasteiger charge is 2.09. The Morgan fingerprint density at radius 3 is 2.50 bits per heavy atom. The van der Waals surface area contributed by atoms with E-state index in [0.717, 1.165) is 33.5 Å². The van der Waals surface area contributed by atoms with E-state index in [9.17, 15) is 4.79 Å². The standard InChI is InChI=1S/C21H19N5O2/c1-12-4-9-16-13(2)22-20(24-18(16)10-12)26-21-23-17(11-19(27)25-21)14-5-7-15(28-3)8-6-14/h4-11H,1-3H3,(H2,22,23,24,25,26,27). The lowest BCUT2D eigenvalue weighted by Gasteiger charge is -2.09. The molecule has 0 atom stereocenters. The topological polar surface area (TPSA) is 92.8 Å². The number of aromatic amines is 1. The van der Waals surface area contributed by atoms with Gasteiger partial charge in [0.05, 0.1) is 24.0 Å². The van der Waals surface area contributed by atoms with Crippen LogP contribution in [0, 0.1) is 13.8 Å². The molecule has 140 valence electrons. The van der Waals surface area contributed by atoms with Crippen LogP contribution in [0.4, 0.5) is 11.9 Å². The van der Waals surface area contributed by atoms with Crippen molar-refractivity contribution < 1.29 is 4.74 Å². The number of aromatic nitrogens is 4. The SMILES string of the molecule is COc1ccc(-c2cc(=O)[nH]c(Nc3nc(C)c4ccc(C)cc4n3)n2)cc1. The Balaban J connectivity index is 1.71. The van der Waals surface area contributed by atoms with E-state index in [0.29, 0.717) is 11.6 Å². The molecule has 0 fully saturated rings. The van der Waals surface area contributed by atoms with E-state index in [1.165, 1.54) is 6.07 Å². The average Bonchev–Trinajstić information content (AvgIpc) is 2.67. The van der Waals surface area contributed by atoms with Crippen LogP contribution in [0.5, 0.6) is 5.75 Å². The Labute approximate surface area is 161 Å². The van der Waals surface area contributed by atoms with Crippen molar-refractivity contribution in [2.75, 3.05) is 12.4 Å². The van der Waals surface area contributed by atoms with Gasteiger partial charge in [-0.1, -0.05) is 12.1 Å². The summed E-state index contributed by atoms with van der Waals surface area (Å²) in [6.07, 6.45) is 0. The van der Waals surface area contributed by atoms with E-state index in [1.807, 2.05) is 56.3 Å². The first-order valence-electron chi connectivity index (χ1n) is 8.79. The fourth-order valence-corrected chi connectivity index (χ4v) is 2.99. The van der Waals surface area contributed by atoms with E-state index in [4.69, 9.17) is 4.74 Å². The molecule has 0 saturated heterocycles. The second-order valence-electron chi connectivity index (χ2n) is 6.49. The van der Waals surface area contributed by atoms with Crippen LogP contribution in [0.2, 0.25) is 0 Å². The number of rotatable bonds is 4. The quantitative estimate of drug-likeness (QED) is 0.566. The summed E-state index contributed by atoms with van der Waals surface area (Å²) >= 11 is 0. The van der Waals surface area contributed by atoms with Crippen LogP contribution < -0.4 is 15.6 Å². The summed E-state index contributed by atoms with van der Waals surface area (Å²) in [5, 5.41) is 4.01. The predicted molar refractivity (Wildman–Crippen MR) is 109 cm³/mol. The summed E-state index contributed by atoms with van der Waals surface area (Å²) in [4.78, 5) is 28.3. The van der Waals surface area contributed by atoms with Gasteiger partial charge in [-0.25, -0.2) is 15.0 Å². The number of benzene rings is 2. The number of hydrogen-bond acceptors (Lipinski definition) is 6. The van der Waals surface area contributed by atoms with Gasteiger partial charge >= 0.3 is 0 Å². The Kier molecular flexibility index (Phi) is 4.49. The lowest BCUT2D eigenvalue weighted by atomic mass is 10.1. The highest BCUT2D eigenvalue weighted by atomic mass is 16.5. The summed E-state index contributed by atoms with van der Waals surface area (Å²) in [5.74, 6) is 1.40. The minimum atomic E-state index is -0.267. The molecule has 2 aromatic heterocycles. The average molecular weight is 373 g/mol. The minimum Gasteiger partial charge on any atom is -0.497 e. The smallest absolute Gasteiger partial charge is 0.252 e. The normalized spacial score (nSPS) is 10.8. The number of anilines is 2. The molecule has 0 aliphatic rings. The van der Waals surface area contributed by atoms with E-state index in [2.05, 4.69) is 25.3 Å². The Hall–Kier alpha value is -3.74. The van der Waals surface area contributed by atoms with Crippen LogP contribution in [-0.4, -0.2) is 27.0 Å². The summed E-state index contributed by atoms with van der Waals surface area (Å²) in [7, 11) is 1.61. The molecule has 0 saturated carbocycles. The molecule has 2 N–H and O–H groups in total.